The minimum atomic E-state index is -4.70. The zero-order valence-corrected chi connectivity index (χ0v) is 21.0. The number of hydrogen-bond donors (Lipinski definition) is 4. The second kappa shape index (κ2) is 22.2. The van der Waals surface area contributed by atoms with Gasteiger partial charge < -0.3 is 73.3 Å². The van der Waals surface area contributed by atoms with Crippen LogP contribution in [0.5, 0.6) is 11.5 Å². The third-order valence-electron chi connectivity index (χ3n) is 2.97. The molecule has 0 saturated carbocycles. The molecular formula is C14H32MnO20S2+6. The maximum absolute atomic E-state index is 10.5. The molecule has 0 aliphatic heterocycles. The molecule has 0 fully saturated rings. The zero-order chi connectivity index (χ0) is 21.9. The molecule has 0 heterocycles. The van der Waals surface area contributed by atoms with Crippen LogP contribution >= 0.6 is 0 Å². The van der Waals surface area contributed by atoms with E-state index in [9.17, 15) is 35.5 Å². The summed E-state index contributed by atoms with van der Waals surface area (Å²) in [6.45, 7) is 0. The van der Waals surface area contributed by atoms with Crippen molar-refractivity contribution in [2.24, 2.45) is 0 Å². The van der Waals surface area contributed by atoms with Gasteiger partial charge in [-0.3, -0.25) is 0 Å². The summed E-state index contributed by atoms with van der Waals surface area (Å²) in [5.74, 6) is -4.20. The molecule has 0 bridgehead atoms. The molecule has 0 aromatic heterocycles. The van der Waals surface area contributed by atoms with E-state index in [1.807, 2.05) is 0 Å². The van der Waals surface area contributed by atoms with Gasteiger partial charge in [-0.2, -0.15) is 0 Å². The summed E-state index contributed by atoms with van der Waals surface area (Å²) in [5, 5.41) is 35.0. The van der Waals surface area contributed by atoms with Crippen molar-refractivity contribution in [3.8, 4) is 11.5 Å². The summed E-state index contributed by atoms with van der Waals surface area (Å²) in [5.41, 5.74) is -1.25. The second-order valence-corrected chi connectivity index (χ2v) is 7.64. The molecular weight excluding hydrogens is 607 g/mol. The van der Waals surface area contributed by atoms with Crippen LogP contribution in [0.4, 0.5) is 0 Å². The Kier molecular flexibility index (Phi) is 35.6. The average molecular weight is 639 g/mol. The Balaban J connectivity index is -0.0000000487. The van der Waals surface area contributed by atoms with Gasteiger partial charge in [-0.05, 0) is 36.4 Å². The van der Waals surface area contributed by atoms with Gasteiger partial charge in [0.2, 0.25) is 0 Å². The van der Waals surface area contributed by atoms with E-state index < -0.39 is 64.6 Å². The van der Waals surface area contributed by atoms with Crippen LogP contribution in [0.2, 0.25) is 0 Å². The molecule has 0 amide bonds. The first-order valence-corrected chi connectivity index (χ1v) is 9.50. The van der Waals surface area contributed by atoms with Crippen LogP contribution in [0.3, 0.4) is 0 Å². The quantitative estimate of drug-likeness (QED) is 0.138. The molecule has 0 saturated heterocycles. The minimum absolute atomic E-state index is 0. The van der Waals surface area contributed by atoms with Crippen LogP contribution in [0.25, 0.3) is 0 Å². The Bertz CT molecular complexity index is 1060. The molecule has 0 aliphatic carbocycles. The summed E-state index contributed by atoms with van der Waals surface area (Å²) in [6, 6.07) is 4.58. The topological polar surface area (TPSA) is 490 Å². The predicted molar refractivity (Wildman–Crippen MR) is 123 cm³/mol. The number of carbonyl (C=O) groups is 2. The van der Waals surface area contributed by atoms with Gasteiger partial charge in [0.05, 0.1) is 9.79 Å². The van der Waals surface area contributed by atoms with E-state index in [1.165, 1.54) is 0 Å². The van der Waals surface area contributed by atoms with Gasteiger partial charge in [-0.1, -0.05) is 0 Å². The number of aromatic hydroxyl groups is 2. The molecule has 2 rings (SSSR count). The standard InChI is InChI=1S/2C7H6O6S.Mn.8H2O/c2*8-6-2-1-4(14(11,12)13)3-5(6)7(9)10;;;;;;;;;/h2*1-3,8H,(H,9,10)(H,11,12,13);;8*1H2/q;;+2;;;;;;;;/p+4. The predicted octanol–water partition coefficient (Wildman–Crippen LogP) is -7.19. The average Bonchev–Trinajstić information content (AvgIpc) is 2.53. The van der Waals surface area contributed by atoms with E-state index in [0.29, 0.717) is 12.1 Å². The van der Waals surface area contributed by atoms with Crippen LogP contribution in [0, 0.1) is 0 Å². The molecule has 0 unspecified atom stereocenters. The first-order valence-electron chi connectivity index (χ1n) is 6.69. The van der Waals surface area contributed by atoms with Crippen molar-refractivity contribution in [1.29, 1.82) is 0 Å². The Labute approximate surface area is 217 Å². The summed E-state index contributed by atoms with van der Waals surface area (Å²) in [7, 11) is -9.40. The third-order valence-corrected chi connectivity index (χ3v) is 4.64. The van der Waals surface area contributed by atoms with E-state index in [0.717, 1.165) is 24.3 Å². The van der Waals surface area contributed by atoms with Crippen molar-refractivity contribution in [3.63, 3.8) is 0 Å². The number of aromatic carboxylic acids is 2. The molecule has 20 nitrogen and oxygen atoms in total. The van der Waals surface area contributed by atoms with Crippen molar-refractivity contribution in [2.45, 2.75) is 9.79 Å². The molecule has 221 valence electrons. The molecule has 2 aromatic rings. The minimum Gasteiger partial charge on any atom is -0.744 e. The molecule has 23 heteroatoms. The summed E-state index contributed by atoms with van der Waals surface area (Å²) in [4.78, 5) is 19.5. The fraction of sp³-hybridized carbons (Fsp3) is 0. The fourth-order valence-electron chi connectivity index (χ4n) is 1.68. The van der Waals surface area contributed by atoms with Gasteiger partial charge in [0.25, 0.3) is 0 Å². The van der Waals surface area contributed by atoms with Gasteiger partial charge in [0.15, 0.2) is 0 Å². The maximum atomic E-state index is 10.5. The Morgan fingerprint density at radius 3 is 0.973 bits per heavy atom. The summed E-state index contributed by atoms with van der Waals surface area (Å²) in [6.07, 6.45) is 0. The number of carboxylic acids is 2. The van der Waals surface area contributed by atoms with Crippen molar-refractivity contribution >= 4 is 32.2 Å². The van der Waals surface area contributed by atoms with Crippen molar-refractivity contribution in [2.75, 3.05) is 0 Å². The van der Waals surface area contributed by atoms with Crippen molar-refractivity contribution < 1.29 is 117 Å². The maximum Gasteiger partial charge on any atom is 2.00 e. The van der Waals surface area contributed by atoms with Crippen molar-refractivity contribution in [1.82, 2.24) is 0 Å². The molecule has 1 radical (unpaired) electrons. The van der Waals surface area contributed by atoms with Gasteiger partial charge in [-0.25, -0.2) is 26.4 Å². The number of rotatable bonds is 4. The fourth-order valence-corrected chi connectivity index (χ4v) is 2.68. The monoisotopic (exact) mass is 639 g/mol. The largest absolute Gasteiger partial charge is 2.00 e. The Morgan fingerprint density at radius 1 is 0.595 bits per heavy atom. The zero-order valence-electron chi connectivity index (χ0n) is 18.2. The van der Waals surface area contributed by atoms with E-state index in [4.69, 9.17) is 20.4 Å². The van der Waals surface area contributed by atoms with Crippen LogP contribution in [-0.4, -0.2) is 69.3 Å². The van der Waals surface area contributed by atoms with E-state index in [-0.39, 0.29) is 60.9 Å². The second-order valence-electron chi connectivity index (χ2n) is 4.88. The van der Waals surface area contributed by atoms with Gasteiger partial charge in [-0.15, -0.1) is 0 Å². The summed E-state index contributed by atoms with van der Waals surface area (Å²) >= 11 is 0. The van der Waals surface area contributed by atoms with Gasteiger partial charge >= 0.3 is 29.0 Å². The van der Waals surface area contributed by atoms with E-state index in [2.05, 4.69) is 0 Å². The molecule has 37 heavy (non-hydrogen) atoms. The number of benzene rings is 2. The SMILES string of the molecule is O.O.O=C(O)c1cc(S(=O)(=O)[O-])ccc1O.O=C(O)c1cc(S(=O)(=O)[O-])ccc1O.[Mn+2].[OH3+].[OH3+].[OH3+].[OH3+].[OH3+].[OH3+]. The van der Waals surface area contributed by atoms with E-state index >= 15 is 0 Å². The molecule has 0 atom stereocenters. The van der Waals surface area contributed by atoms with Crippen LogP contribution < -0.4 is 0 Å². The van der Waals surface area contributed by atoms with Crippen LogP contribution in [-0.2, 0) is 70.2 Å². The van der Waals surface area contributed by atoms with Gasteiger partial charge in [0, 0.05) is 0 Å². The normalized spacial score (nSPS) is 8.49. The Morgan fingerprint density at radius 2 is 0.811 bits per heavy atom. The van der Waals surface area contributed by atoms with Crippen LogP contribution in [0.15, 0.2) is 46.2 Å². The van der Waals surface area contributed by atoms with Gasteiger partial charge in [0.1, 0.15) is 42.9 Å². The number of carboxylic acid groups (broad SMARTS) is 2. The van der Waals surface area contributed by atoms with E-state index in [1.54, 1.807) is 0 Å². The molecule has 2 aromatic carbocycles. The third kappa shape index (κ3) is 17.2. The summed E-state index contributed by atoms with van der Waals surface area (Å²) < 4.78 is 62.9. The first kappa shape index (κ1) is 59.2. The van der Waals surface area contributed by atoms with Crippen LogP contribution in [0.1, 0.15) is 20.7 Å². The first-order chi connectivity index (χ1) is 12.6. The van der Waals surface area contributed by atoms with Crippen molar-refractivity contribution in [3.05, 3.63) is 47.5 Å². The number of phenols is 2. The molecule has 0 spiro atoms. The Hall–Kier alpha value is -3.00. The smallest absolute Gasteiger partial charge is 0.744 e. The molecule has 26 N–H and O–H groups in total. The molecule has 0 aliphatic rings. The number of hydrogen-bond acceptors (Lipinski definition) is 10.